The maximum Gasteiger partial charge on any atom is 0.142 e. The highest BCUT2D eigenvalue weighted by atomic mass is 16.5. The second-order valence-corrected chi connectivity index (χ2v) is 4.78. The van der Waals surface area contributed by atoms with Crippen LogP contribution < -0.4 is 15.0 Å². The molecule has 0 bridgehead atoms. The third-order valence-corrected chi connectivity index (χ3v) is 3.37. The minimum absolute atomic E-state index is 0.613. The molecule has 0 amide bonds. The minimum Gasteiger partial charge on any atom is -0.495 e. The fraction of sp³-hybridized carbons (Fsp3) is 0.600. The molecule has 0 saturated carbocycles. The van der Waals surface area contributed by atoms with E-state index in [9.17, 15) is 0 Å². The monoisotopic (exact) mass is 250 g/mol. The van der Waals surface area contributed by atoms with Crippen LogP contribution in [-0.4, -0.2) is 33.8 Å². The summed E-state index contributed by atoms with van der Waals surface area (Å²) in [6.07, 6.45) is 3.69. The summed E-state index contributed by atoms with van der Waals surface area (Å²) in [6.45, 7) is 3.29. The molecule has 0 saturated heterocycles. The maximum atomic E-state index is 5.38. The van der Waals surface area contributed by atoms with E-state index in [0.29, 0.717) is 6.04 Å². The zero-order valence-electron chi connectivity index (χ0n) is 12.1. The normalized spacial score (nSPS) is 12.2. The molecule has 3 nitrogen and oxygen atoms in total. The Morgan fingerprint density at radius 3 is 2.67 bits per heavy atom. The van der Waals surface area contributed by atoms with Crippen LogP contribution in [-0.2, 0) is 0 Å². The van der Waals surface area contributed by atoms with Crippen LogP contribution in [0.15, 0.2) is 24.3 Å². The summed E-state index contributed by atoms with van der Waals surface area (Å²) < 4.78 is 5.38. The van der Waals surface area contributed by atoms with Crippen molar-refractivity contribution in [2.75, 3.05) is 32.6 Å². The molecule has 0 aromatic heterocycles. The Balaban J connectivity index is 2.38. The van der Waals surface area contributed by atoms with Gasteiger partial charge in [-0.15, -0.1) is 0 Å². The molecule has 1 unspecified atom stereocenters. The van der Waals surface area contributed by atoms with Crippen molar-refractivity contribution < 1.29 is 4.74 Å². The molecule has 102 valence electrons. The Morgan fingerprint density at radius 2 is 2.00 bits per heavy atom. The van der Waals surface area contributed by atoms with E-state index in [1.165, 1.54) is 24.9 Å². The number of nitrogens with zero attached hydrogens (tertiary/aromatic N) is 1. The lowest BCUT2D eigenvalue weighted by Gasteiger charge is -2.21. The van der Waals surface area contributed by atoms with E-state index in [0.717, 1.165) is 12.3 Å². The van der Waals surface area contributed by atoms with Gasteiger partial charge in [0.2, 0.25) is 0 Å². The van der Waals surface area contributed by atoms with E-state index in [2.05, 4.69) is 36.3 Å². The number of benzene rings is 1. The molecule has 1 rings (SSSR count). The second kappa shape index (κ2) is 7.98. The summed E-state index contributed by atoms with van der Waals surface area (Å²) in [7, 11) is 5.87. The highest BCUT2D eigenvalue weighted by molar-refractivity contribution is 5.57. The molecule has 0 aliphatic heterocycles. The van der Waals surface area contributed by atoms with Crippen molar-refractivity contribution in [2.24, 2.45) is 0 Å². The van der Waals surface area contributed by atoms with Crippen molar-refractivity contribution in [1.82, 2.24) is 5.32 Å². The van der Waals surface area contributed by atoms with Gasteiger partial charge in [-0.2, -0.15) is 0 Å². The van der Waals surface area contributed by atoms with Crippen molar-refractivity contribution in [2.45, 2.75) is 32.2 Å². The molecule has 0 aliphatic rings. The fourth-order valence-electron chi connectivity index (χ4n) is 2.01. The maximum absolute atomic E-state index is 5.38. The van der Waals surface area contributed by atoms with E-state index in [1.807, 2.05) is 19.2 Å². The first-order valence-electron chi connectivity index (χ1n) is 6.70. The number of nitrogens with one attached hydrogen (secondary N) is 1. The number of hydrogen-bond donors (Lipinski definition) is 1. The molecule has 1 aromatic rings. The topological polar surface area (TPSA) is 24.5 Å². The van der Waals surface area contributed by atoms with Gasteiger partial charge in [-0.25, -0.2) is 0 Å². The Morgan fingerprint density at radius 1 is 1.28 bits per heavy atom. The Labute approximate surface area is 111 Å². The van der Waals surface area contributed by atoms with E-state index < -0.39 is 0 Å². The van der Waals surface area contributed by atoms with E-state index >= 15 is 0 Å². The number of para-hydroxylation sites is 2. The van der Waals surface area contributed by atoms with Crippen molar-refractivity contribution in [3.63, 3.8) is 0 Å². The molecular formula is C15H26N2O. The number of hydrogen-bond acceptors (Lipinski definition) is 3. The SMILES string of the molecule is CNC(C)CCCCN(C)c1ccccc1OC. The van der Waals surface area contributed by atoms with Gasteiger partial charge in [0.1, 0.15) is 5.75 Å². The van der Waals surface area contributed by atoms with Crippen molar-refractivity contribution in [3.05, 3.63) is 24.3 Å². The molecule has 0 fully saturated rings. The van der Waals surface area contributed by atoms with E-state index in [4.69, 9.17) is 4.74 Å². The lowest BCUT2D eigenvalue weighted by atomic mass is 10.1. The van der Waals surface area contributed by atoms with Crippen LogP contribution in [0.4, 0.5) is 5.69 Å². The number of rotatable bonds is 8. The third-order valence-electron chi connectivity index (χ3n) is 3.37. The zero-order chi connectivity index (χ0) is 13.4. The second-order valence-electron chi connectivity index (χ2n) is 4.78. The summed E-state index contributed by atoms with van der Waals surface area (Å²) in [4.78, 5) is 2.27. The summed E-state index contributed by atoms with van der Waals surface area (Å²) >= 11 is 0. The van der Waals surface area contributed by atoms with Gasteiger partial charge in [-0.1, -0.05) is 18.6 Å². The van der Waals surface area contributed by atoms with E-state index in [1.54, 1.807) is 7.11 Å². The molecule has 18 heavy (non-hydrogen) atoms. The first kappa shape index (κ1) is 14.8. The average Bonchev–Trinajstić information content (AvgIpc) is 2.42. The predicted molar refractivity (Wildman–Crippen MR) is 78.6 cm³/mol. The molecule has 3 heteroatoms. The van der Waals surface area contributed by atoms with Crippen LogP contribution in [0.2, 0.25) is 0 Å². The van der Waals surface area contributed by atoms with Crippen LogP contribution in [0.25, 0.3) is 0 Å². The van der Waals surface area contributed by atoms with Gasteiger partial charge in [0.05, 0.1) is 12.8 Å². The number of unbranched alkanes of at least 4 members (excludes halogenated alkanes) is 1. The van der Waals surface area contributed by atoms with Gasteiger partial charge in [0, 0.05) is 19.6 Å². The summed E-state index contributed by atoms with van der Waals surface area (Å²) in [5.41, 5.74) is 1.17. The molecule has 1 atom stereocenters. The highest BCUT2D eigenvalue weighted by Crippen LogP contribution is 2.26. The molecule has 0 spiro atoms. The summed E-state index contributed by atoms with van der Waals surface area (Å²) in [5, 5.41) is 3.27. The molecule has 1 aromatic carbocycles. The Kier molecular flexibility index (Phi) is 6.58. The summed E-state index contributed by atoms with van der Waals surface area (Å²) in [6, 6.07) is 8.79. The first-order valence-corrected chi connectivity index (χ1v) is 6.70. The zero-order valence-corrected chi connectivity index (χ0v) is 12.1. The summed E-state index contributed by atoms with van der Waals surface area (Å²) in [5.74, 6) is 0.948. The van der Waals surface area contributed by atoms with Crippen LogP contribution >= 0.6 is 0 Å². The van der Waals surface area contributed by atoms with Crippen molar-refractivity contribution >= 4 is 5.69 Å². The van der Waals surface area contributed by atoms with Crippen LogP contribution in [0.5, 0.6) is 5.75 Å². The Hall–Kier alpha value is -1.22. The highest BCUT2D eigenvalue weighted by Gasteiger charge is 2.06. The molecule has 0 radical (unpaired) electrons. The van der Waals surface area contributed by atoms with Gasteiger partial charge in [-0.3, -0.25) is 0 Å². The molecule has 0 aliphatic carbocycles. The first-order chi connectivity index (χ1) is 8.69. The number of anilines is 1. The standard InChI is InChI=1S/C15H26N2O/c1-13(16-2)9-7-8-12-17(3)14-10-5-6-11-15(14)18-4/h5-6,10-11,13,16H,7-9,12H2,1-4H3. The van der Waals surface area contributed by atoms with Crippen molar-refractivity contribution in [3.8, 4) is 5.75 Å². The smallest absolute Gasteiger partial charge is 0.142 e. The van der Waals surface area contributed by atoms with Gasteiger partial charge < -0.3 is 15.0 Å². The van der Waals surface area contributed by atoms with Gasteiger partial charge in [0.25, 0.3) is 0 Å². The fourth-order valence-corrected chi connectivity index (χ4v) is 2.01. The lowest BCUT2D eigenvalue weighted by molar-refractivity contribution is 0.414. The van der Waals surface area contributed by atoms with Crippen LogP contribution in [0.1, 0.15) is 26.2 Å². The molecule has 0 heterocycles. The lowest BCUT2D eigenvalue weighted by Crippen LogP contribution is -2.22. The van der Waals surface area contributed by atoms with Crippen LogP contribution in [0.3, 0.4) is 0 Å². The third kappa shape index (κ3) is 4.57. The Bertz CT molecular complexity index is 341. The van der Waals surface area contributed by atoms with Gasteiger partial charge in [0.15, 0.2) is 0 Å². The molecule has 1 N–H and O–H groups in total. The minimum atomic E-state index is 0.613. The van der Waals surface area contributed by atoms with Gasteiger partial charge in [-0.05, 0) is 38.9 Å². The number of methoxy groups -OCH3 is 1. The molecular weight excluding hydrogens is 224 g/mol. The van der Waals surface area contributed by atoms with Gasteiger partial charge >= 0.3 is 0 Å². The average molecular weight is 250 g/mol. The number of ether oxygens (including phenoxy) is 1. The largest absolute Gasteiger partial charge is 0.495 e. The van der Waals surface area contributed by atoms with E-state index in [-0.39, 0.29) is 0 Å². The predicted octanol–water partition coefficient (Wildman–Crippen LogP) is 2.91. The van der Waals surface area contributed by atoms with Crippen LogP contribution in [0, 0.1) is 0 Å². The quantitative estimate of drug-likeness (QED) is 0.718. The van der Waals surface area contributed by atoms with Crippen molar-refractivity contribution in [1.29, 1.82) is 0 Å².